The molecule has 0 amide bonds. The molecule has 1 unspecified atom stereocenters. The highest BCUT2D eigenvalue weighted by molar-refractivity contribution is 5.40. The maximum Gasteiger partial charge on any atom is 0.122 e. The van der Waals surface area contributed by atoms with E-state index in [1.807, 2.05) is 0 Å². The van der Waals surface area contributed by atoms with Crippen LogP contribution in [-0.2, 0) is 0 Å². The van der Waals surface area contributed by atoms with Gasteiger partial charge in [0.1, 0.15) is 5.75 Å². The van der Waals surface area contributed by atoms with Gasteiger partial charge in [-0.05, 0) is 61.9 Å². The van der Waals surface area contributed by atoms with Crippen molar-refractivity contribution < 1.29 is 9.84 Å². The van der Waals surface area contributed by atoms with E-state index in [1.54, 1.807) is 0 Å². The number of hydrogen-bond acceptors (Lipinski definition) is 3. The number of hydrogen-bond donors (Lipinski definition) is 1. The van der Waals surface area contributed by atoms with E-state index in [2.05, 4.69) is 43.9 Å². The topological polar surface area (TPSA) is 32.7 Å². The van der Waals surface area contributed by atoms with Crippen molar-refractivity contribution in [2.75, 3.05) is 26.3 Å². The molecule has 124 valence electrons. The Morgan fingerprint density at radius 1 is 1.23 bits per heavy atom. The number of nitrogens with zero attached hydrogens (tertiary/aromatic N) is 1. The van der Waals surface area contributed by atoms with Gasteiger partial charge in [0.05, 0.1) is 6.61 Å². The lowest BCUT2D eigenvalue weighted by Gasteiger charge is -2.28. The zero-order valence-corrected chi connectivity index (χ0v) is 14.3. The lowest BCUT2D eigenvalue weighted by Crippen LogP contribution is -2.26. The van der Waals surface area contributed by atoms with Gasteiger partial charge in [-0.1, -0.05) is 32.9 Å². The maximum absolute atomic E-state index is 9.46. The lowest BCUT2D eigenvalue weighted by molar-refractivity contribution is 0.185. The second-order valence-electron chi connectivity index (χ2n) is 6.57. The van der Waals surface area contributed by atoms with Gasteiger partial charge in [0.15, 0.2) is 0 Å². The summed E-state index contributed by atoms with van der Waals surface area (Å²) in [5.74, 6) is 1.46. The molecule has 1 saturated heterocycles. The molecule has 1 heterocycles. The third kappa shape index (κ3) is 4.23. The summed E-state index contributed by atoms with van der Waals surface area (Å²) >= 11 is 0. The Balaban J connectivity index is 2.26. The Hall–Kier alpha value is -1.06. The van der Waals surface area contributed by atoms with Gasteiger partial charge < -0.3 is 9.84 Å². The highest BCUT2D eigenvalue weighted by Gasteiger charge is 2.24. The van der Waals surface area contributed by atoms with Gasteiger partial charge in [0, 0.05) is 12.6 Å². The zero-order chi connectivity index (χ0) is 15.9. The summed E-state index contributed by atoms with van der Waals surface area (Å²) in [6.07, 6.45) is 4.39. The first-order valence-corrected chi connectivity index (χ1v) is 8.79. The molecule has 0 saturated carbocycles. The van der Waals surface area contributed by atoms with Crippen LogP contribution in [0.25, 0.3) is 0 Å². The molecule has 22 heavy (non-hydrogen) atoms. The second-order valence-corrected chi connectivity index (χ2v) is 6.57. The first-order chi connectivity index (χ1) is 10.7. The van der Waals surface area contributed by atoms with Gasteiger partial charge in [-0.2, -0.15) is 0 Å². The Morgan fingerprint density at radius 2 is 1.95 bits per heavy atom. The van der Waals surface area contributed by atoms with Crippen molar-refractivity contribution in [1.29, 1.82) is 0 Å². The van der Waals surface area contributed by atoms with Crippen molar-refractivity contribution in [2.45, 2.75) is 58.4 Å². The fourth-order valence-electron chi connectivity index (χ4n) is 3.30. The molecule has 1 aliphatic heterocycles. The van der Waals surface area contributed by atoms with Crippen molar-refractivity contribution in [1.82, 2.24) is 4.90 Å². The van der Waals surface area contributed by atoms with Crippen LogP contribution in [0.3, 0.4) is 0 Å². The number of rotatable bonds is 8. The molecule has 0 radical (unpaired) electrons. The number of ether oxygens (including phenoxy) is 1. The Kier molecular flexibility index (Phi) is 6.71. The third-order valence-electron chi connectivity index (χ3n) is 4.49. The minimum Gasteiger partial charge on any atom is -0.493 e. The van der Waals surface area contributed by atoms with Crippen LogP contribution in [0.1, 0.15) is 69.5 Å². The zero-order valence-electron chi connectivity index (χ0n) is 14.3. The first kappa shape index (κ1) is 17.3. The van der Waals surface area contributed by atoms with Gasteiger partial charge >= 0.3 is 0 Å². The van der Waals surface area contributed by atoms with Crippen molar-refractivity contribution in [3.05, 3.63) is 29.3 Å². The molecule has 3 nitrogen and oxygen atoms in total. The van der Waals surface area contributed by atoms with E-state index in [4.69, 9.17) is 4.74 Å². The van der Waals surface area contributed by atoms with E-state index in [0.29, 0.717) is 12.0 Å². The summed E-state index contributed by atoms with van der Waals surface area (Å²) < 4.78 is 5.90. The van der Waals surface area contributed by atoms with Crippen molar-refractivity contribution in [3.8, 4) is 5.75 Å². The van der Waals surface area contributed by atoms with Crippen molar-refractivity contribution in [2.24, 2.45) is 0 Å². The van der Waals surface area contributed by atoms with E-state index >= 15 is 0 Å². The number of benzene rings is 1. The molecular weight excluding hydrogens is 274 g/mol. The maximum atomic E-state index is 9.46. The number of likely N-dealkylation sites (tertiary alicyclic amines) is 1. The van der Waals surface area contributed by atoms with Crippen molar-refractivity contribution >= 4 is 0 Å². The average Bonchev–Trinajstić information content (AvgIpc) is 3.04. The fourth-order valence-corrected chi connectivity index (χ4v) is 3.30. The molecule has 0 aliphatic carbocycles. The number of aliphatic hydroxyl groups excluding tert-OH is 1. The summed E-state index contributed by atoms with van der Waals surface area (Å²) in [7, 11) is 0. The number of aliphatic hydroxyl groups is 1. The highest BCUT2D eigenvalue weighted by atomic mass is 16.5. The Bertz CT molecular complexity index is 453. The van der Waals surface area contributed by atoms with E-state index in [1.165, 1.54) is 24.0 Å². The molecule has 2 rings (SSSR count). The highest BCUT2D eigenvalue weighted by Crippen LogP contribution is 2.34. The van der Waals surface area contributed by atoms with Gasteiger partial charge in [0.2, 0.25) is 0 Å². The molecule has 1 atom stereocenters. The van der Waals surface area contributed by atoms with Gasteiger partial charge in [-0.25, -0.2) is 0 Å². The fraction of sp³-hybridized carbons (Fsp3) is 0.684. The Morgan fingerprint density at radius 3 is 2.55 bits per heavy atom. The first-order valence-electron chi connectivity index (χ1n) is 8.79. The van der Waals surface area contributed by atoms with Crippen LogP contribution in [0.5, 0.6) is 5.75 Å². The minimum atomic E-state index is 0.242. The largest absolute Gasteiger partial charge is 0.493 e. The minimum absolute atomic E-state index is 0.242. The van der Waals surface area contributed by atoms with Crippen LogP contribution in [0, 0.1) is 0 Å². The molecule has 1 aliphatic rings. The lowest BCUT2D eigenvalue weighted by atomic mass is 9.94. The van der Waals surface area contributed by atoms with Crippen LogP contribution < -0.4 is 4.74 Å². The van der Waals surface area contributed by atoms with E-state index in [0.717, 1.165) is 38.3 Å². The molecule has 1 N–H and O–H groups in total. The van der Waals surface area contributed by atoms with Crippen LogP contribution >= 0.6 is 0 Å². The molecule has 1 aromatic rings. The normalized spacial score (nSPS) is 17.1. The van der Waals surface area contributed by atoms with Gasteiger partial charge in [-0.3, -0.25) is 4.90 Å². The quantitative estimate of drug-likeness (QED) is 0.784. The smallest absolute Gasteiger partial charge is 0.122 e. The summed E-state index contributed by atoms with van der Waals surface area (Å²) in [5.41, 5.74) is 2.61. The monoisotopic (exact) mass is 305 g/mol. The van der Waals surface area contributed by atoms with Gasteiger partial charge in [-0.15, -0.1) is 0 Å². The standard InChI is InChI=1S/C19H31NO2/c1-4-13-22-19-8-7-16(14-17(19)15(2)3)18(9-12-21)20-10-5-6-11-20/h7-8,14-15,18,21H,4-6,9-13H2,1-3H3. The van der Waals surface area contributed by atoms with Gasteiger partial charge in [0.25, 0.3) is 0 Å². The summed E-state index contributed by atoms with van der Waals surface area (Å²) in [4.78, 5) is 2.52. The van der Waals surface area contributed by atoms with Crippen LogP contribution in [0.15, 0.2) is 18.2 Å². The molecule has 0 spiro atoms. The summed E-state index contributed by atoms with van der Waals surface area (Å²) in [6.45, 7) is 9.88. The van der Waals surface area contributed by atoms with Crippen molar-refractivity contribution in [3.63, 3.8) is 0 Å². The predicted octanol–water partition coefficient (Wildman–Crippen LogP) is 4.12. The van der Waals surface area contributed by atoms with Crippen LogP contribution in [0.4, 0.5) is 0 Å². The SMILES string of the molecule is CCCOc1ccc(C(CCO)N2CCCC2)cc1C(C)C. The van der Waals surface area contributed by atoms with Crippen LogP contribution in [-0.4, -0.2) is 36.3 Å². The van der Waals surface area contributed by atoms with E-state index < -0.39 is 0 Å². The third-order valence-corrected chi connectivity index (χ3v) is 4.49. The Labute approximate surface area is 135 Å². The predicted molar refractivity (Wildman–Crippen MR) is 91.6 cm³/mol. The van der Waals surface area contributed by atoms with E-state index in [9.17, 15) is 5.11 Å². The summed E-state index contributed by atoms with van der Waals surface area (Å²) in [5, 5.41) is 9.46. The second kappa shape index (κ2) is 8.54. The molecule has 0 aromatic heterocycles. The molecule has 1 fully saturated rings. The van der Waals surface area contributed by atoms with Crippen LogP contribution in [0.2, 0.25) is 0 Å². The molecule has 3 heteroatoms. The molecule has 0 bridgehead atoms. The summed E-state index contributed by atoms with van der Waals surface area (Å²) in [6, 6.07) is 6.95. The molecular formula is C19H31NO2. The average molecular weight is 305 g/mol. The molecule has 1 aromatic carbocycles. The van der Waals surface area contributed by atoms with E-state index in [-0.39, 0.29) is 6.61 Å².